The van der Waals surface area contributed by atoms with Crippen LogP contribution in [0.1, 0.15) is 5.56 Å². The van der Waals surface area contributed by atoms with Crippen LogP contribution in [0, 0.1) is 0 Å². The zero-order valence-corrected chi connectivity index (χ0v) is 11.7. The predicted molar refractivity (Wildman–Crippen MR) is 48.1 cm³/mol. The van der Waals surface area contributed by atoms with Gasteiger partial charge in [-0.05, 0) is 17.7 Å². The van der Waals surface area contributed by atoms with E-state index in [-0.39, 0.29) is 61.8 Å². The first kappa shape index (κ1) is 16.9. The second-order valence-electron chi connectivity index (χ2n) is 2.23. The number of rotatable bonds is 2. The molecule has 1 rings (SSSR count). The SMILES string of the molecule is C=Cc1ccc(S(=O)(=O)[O-])cc1.O.[K+]. The maximum atomic E-state index is 10.5. The quantitative estimate of drug-likeness (QED) is 0.420. The molecule has 0 radical (unpaired) electrons. The van der Waals surface area contributed by atoms with E-state index in [9.17, 15) is 13.0 Å². The van der Waals surface area contributed by atoms with E-state index in [0.717, 1.165) is 5.56 Å². The molecule has 0 fully saturated rings. The standard InChI is InChI=1S/C8H8O3S.K.H2O/c1-2-7-3-5-8(6-4-7)12(9,10)11;;/h2-6H,1H2,(H,9,10,11);;1H2/q;+1;/p-1. The van der Waals surface area contributed by atoms with Crippen molar-refractivity contribution in [3.8, 4) is 0 Å². The maximum absolute atomic E-state index is 10.5. The molecule has 0 saturated carbocycles. The molecule has 0 saturated heterocycles. The van der Waals surface area contributed by atoms with Crippen molar-refractivity contribution < 1.29 is 69.8 Å². The van der Waals surface area contributed by atoms with Crippen LogP contribution in [0.25, 0.3) is 6.08 Å². The number of hydrogen-bond donors (Lipinski definition) is 0. The van der Waals surface area contributed by atoms with E-state index in [1.807, 2.05) is 0 Å². The van der Waals surface area contributed by atoms with E-state index in [1.54, 1.807) is 6.08 Å². The van der Waals surface area contributed by atoms with Crippen molar-refractivity contribution in [2.45, 2.75) is 4.90 Å². The second kappa shape index (κ2) is 6.86. The molecule has 0 bridgehead atoms. The molecular formula is C8H9KO4S. The first-order chi connectivity index (χ1) is 5.54. The Balaban J connectivity index is 0. The van der Waals surface area contributed by atoms with Crippen LogP contribution in [-0.4, -0.2) is 18.4 Å². The van der Waals surface area contributed by atoms with Gasteiger partial charge in [0.15, 0.2) is 0 Å². The van der Waals surface area contributed by atoms with E-state index < -0.39 is 10.1 Å². The van der Waals surface area contributed by atoms with E-state index in [2.05, 4.69) is 6.58 Å². The Morgan fingerprint density at radius 1 is 1.21 bits per heavy atom. The molecule has 0 aliphatic carbocycles. The average Bonchev–Trinajstić information content (AvgIpc) is 2.03. The van der Waals surface area contributed by atoms with Gasteiger partial charge in [-0.15, -0.1) is 0 Å². The van der Waals surface area contributed by atoms with Crippen molar-refractivity contribution in [1.82, 2.24) is 0 Å². The van der Waals surface area contributed by atoms with Gasteiger partial charge in [0, 0.05) is 0 Å². The minimum absolute atomic E-state index is 0. The van der Waals surface area contributed by atoms with Gasteiger partial charge < -0.3 is 10.0 Å². The van der Waals surface area contributed by atoms with Crippen molar-refractivity contribution in [2.24, 2.45) is 0 Å². The first-order valence-corrected chi connectivity index (χ1v) is 4.63. The summed E-state index contributed by atoms with van der Waals surface area (Å²) in [6, 6.07) is 5.58. The zero-order valence-electron chi connectivity index (χ0n) is 7.73. The summed E-state index contributed by atoms with van der Waals surface area (Å²) < 4.78 is 31.4. The molecule has 0 unspecified atom stereocenters. The molecule has 0 spiro atoms. The van der Waals surface area contributed by atoms with Crippen molar-refractivity contribution in [3.63, 3.8) is 0 Å². The largest absolute Gasteiger partial charge is 1.00 e. The Morgan fingerprint density at radius 2 is 1.64 bits per heavy atom. The summed E-state index contributed by atoms with van der Waals surface area (Å²) in [6.45, 7) is 3.50. The Hall–Kier alpha value is 0.466. The molecule has 1 aromatic rings. The fourth-order valence-corrected chi connectivity index (χ4v) is 1.24. The van der Waals surface area contributed by atoms with Crippen LogP contribution in [0.5, 0.6) is 0 Å². The van der Waals surface area contributed by atoms with E-state index >= 15 is 0 Å². The van der Waals surface area contributed by atoms with Crippen LogP contribution in [0.2, 0.25) is 0 Å². The molecule has 1 aromatic carbocycles. The van der Waals surface area contributed by atoms with E-state index in [4.69, 9.17) is 0 Å². The third kappa shape index (κ3) is 4.81. The van der Waals surface area contributed by atoms with E-state index in [1.165, 1.54) is 24.3 Å². The van der Waals surface area contributed by atoms with Gasteiger partial charge in [0.25, 0.3) is 0 Å². The van der Waals surface area contributed by atoms with Crippen LogP contribution in [0.3, 0.4) is 0 Å². The smallest absolute Gasteiger partial charge is 0.744 e. The van der Waals surface area contributed by atoms with Gasteiger partial charge in [-0.1, -0.05) is 24.8 Å². The molecule has 4 nitrogen and oxygen atoms in total. The summed E-state index contributed by atoms with van der Waals surface area (Å²) in [5, 5.41) is 0. The molecule has 14 heavy (non-hydrogen) atoms. The van der Waals surface area contributed by atoms with Crippen molar-refractivity contribution in [3.05, 3.63) is 36.4 Å². The van der Waals surface area contributed by atoms with Gasteiger partial charge in [-0.2, -0.15) is 0 Å². The van der Waals surface area contributed by atoms with Gasteiger partial charge in [-0.3, -0.25) is 0 Å². The van der Waals surface area contributed by atoms with Crippen molar-refractivity contribution >= 4 is 16.2 Å². The van der Waals surface area contributed by atoms with Crippen molar-refractivity contribution in [2.75, 3.05) is 0 Å². The third-order valence-corrected chi connectivity index (χ3v) is 2.25. The zero-order chi connectivity index (χ0) is 9.19. The molecule has 0 atom stereocenters. The summed E-state index contributed by atoms with van der Waals surface area (Å²) in [4.78, 5) is -0.215. The van der Waals surface area contributed by atoms with Gasteiger partial charge in [-0.25, -0.2) is 8.42 Å². The summed E-state index contributed by atoms with van der Waals surface area (Å²) >= 11 is 0. The third-order valence-electron chi connectivity index (χ3n) is 1.40. The summed E-state index contributed by atoms with van der Waals surface area (Å²) in [7, 11) is -4.31. The van der Waals surface area contributed by atoms with Crippen LogP contribution in [-0.2, 0) is 10.1 Å². The summed E-state index contributed by atoms with van der Waals surface area (Å²) in [5.74, 6) is 0. The Bertz CT molecular complexity index is 382. The molecule has 0 aliphatic rings. The molecule has 72 valence electrons. The van der Waals surface area contributed by atoms with Crippen LogP contribution in [0.4, 0.5) is 0 Å². The Labute approximate surface area is 126 Å². The summed E-state index contributed by atoms with van der Waals surface area (Å²) in [6.07, 6.45) is 1.57. The van der Waals surface area contributed by atoms with Gasteiger partial charge in [0.05, 0.1) is 4.90 Å². The van der Waals surface area contributed by atoms with Gasteiger partial charge >= 0.3 is 51.4 Å². The summed E-state index contributed by atoms with van der Waals surface area (Å²) in [5.41, 5.74) is 0.780. The molecule has 0 amide bonds. The first-order valence-electron chi connectivity index (χ1n) is 3.22. The monoisotopic (exact) mass is 240 g/mol. The molecule has 6 heteroatoms. The van der Waals surface area contributed by atoms with Crippen LogP contribution >= 0.6 is 0 Å². The fraction of sp³-hybridized carbons (Fsp3) is 0. The topological polar surface area (TPSA) is 88.7 Å². The average molecular weight is 240 g/mol. The molecule has 2 N–H and O–H groups in total. The van der Waals surface area contributed by atoms with Gasteiger partial charge in [0.2, 0.25) is 0 Å². The minimum Gasteiger partial charge on any atom is -0.744 e. The number of benzene rings is 1. The molecule has 0 heterocycles. The van der Waals surface area contributed by atoms with Crippen LogP contribution in [0.15, 0.2) is 35.7 Å². The van der Waals surface area contributed by atoms with Crippen molar-refractivity contribution in [1.29, 1.82) is 0 Å². The second-order valence-corrected chi connectivity index (χ2v) is 3.61. The number of hydrogen-bond acceptors (Lipinski definition) is 3. The van der Waals surface area contributed by atoms with E-state index in [0.29, 0.717) is 0 Å². The van der Waals surface area contributed by atoms with Crippen LogP contribution < -0.4 is 51.4 Å². The normalized spacial score (nSPS) is 9.50. The Morgan fingerprint density at radius 3 is 1.93 bits per heavy atom. The maximum Gasteiger partial charge on any atom is 1.00 e. The minimum atomic E-state index is -4.31. The Kier molecular flexibility index (Phi) is 8.27. The molecule has 0 aliphatic heterocycles. The fourth-order valence-electron chi connectivity index (χ4n) is 0.771. The van der Waals surface area contributed by atoms with Gasteiger partial charge in [0.1, 0.15) is 10.1 Å². The molecule has 0 aromatic heterocycles. The predicted octanol–water partition coefficient (Wildman–Crippen LogP) is -2.59. The molecular weight excluding hydrogens is 231 g/mol.